The second-order valence-corrected chi connectivity index (χ2v) is 18.7. The highest BCUT2D eigenvalue weighted by Crippen LogP contribution is 2.58. The molecular formula is C40H42N4O6Si. The molecule has 2 N–H and O–H groups in total. The zero-order chi connectivity index (χ0) is 35.9. The Morgan fingerprint density at radius 2 is 1.75 bits per heavy atom. The van der Waals surface area contributed by atoms with Crippen LogP contribution in [0.4, 0.5) is 5.69 Å². The van der Waals surface area contributed by atoms with Gasteiger partial charge in [-0.25, -0.2) is 0 Å². The van der Waals surface area contributed by atoms with E-state index in [4.69, 9.17) is 9.47 Å². The van der Waals surface area contributed by atoms with Crippen molar-refractivity contribution < 1.29 is 24.2 Å². The number of rotatable bonds is 10. The Morgan fingerprint density at radius 3 is 2.47 bits per heavy atom. The molecule has 0 radical (unpaired) electrons. The van der Waals surface area contributed by atoms with Crippen molar-refractivity contribution in [1.29, 1.82) is 0 Å². The summed E-state index contributed by atoms with van der Waals surface area (Å²) in [6.07, 6.45) is 1.08. The van der Waals surface area contributed by atoms with Gasteiger partial charge in [0.05, 0.1) is 51.6 Å². The van der Waals surface area contributed by atoms with Crippen molar-refractivity contribution in [3.05, 3.63) is 125 Å². The smallest absolute Gasteiger partial charge is 0.279 e. The Kier molecular flexibility index (Phi) is 9.13. The fourth-order valence-corrected chi connectivity index (χ4v) is 12.3. The Morgan fingerprint density at radius 1 is 1.02 bits per heavy atom. The number of hydrogen-bond donors (Lipinski definition) is 2. The van der Waals surface area contributed by atoms with Gasteiger partial charge < -0.3 is 24.8 Å². The molecule has 0 unspecified atom stereocenters. The zero-order valence-electron chi connectivity index (χ0n) is 29.2. The summed E-state index contributed by atoms with van der Waals surface area (Å²) in [6, 6.07) is 30.4. The van der Waals surface area contributed by atoms with Crippen LogP contribution in [0.1, 0.15) is 24.5 Å². The van der Waals surface area contributed by atoms with Crippen LogP contribution in [0.15, 0.2) is 108 Å². The first kappa shape index (κ1) is 34.4. The van der Waals surface area contributed by atoms with Gasteiger partial charge in [-0.3, -0.25) is 14.4 Å². The maximum atomic E-state index is 14.3. The van der Waals surface area contributed by atoms with Crippen LogP contribution in [0, 0.1) is 5.92 Å². The second-order valence-electron chi connectivity index (χ2n) is 14.0. The molecule has 5 aromatic rings. The van der Waals surface area contributed by atoms with E-state index in [2.05, 4.69) is 35.6 Å². The van der Waals surface area contributed by atoms with E-state index in [0.29, 0.717) is 28.9 Å². The minimum absolute atomic E-state index is 0.0319. The Labute approximate surface area is 297 Å². The first-order valence-corrected chi connectivity index (χ1v) is 20.3. The largest absolute Gasteiger partial charge is 0.497 e. The molecule has 0 bridgehead atoms. The van der Waals surface area contributed by atoms with Crippen LogP contribution in [-0.4, -0.2) is 66.0 Å². The summed E-state index contributed by atoms with van der Waals surface area (Å²) in [5.41, 5.74) is 0.826. The number of benzene rings is 4. The molecular weight excluding hydrogens is 661 g/mol. The van der Waals surface area contributed by atoms with Crippen molar-refractivity contribution >= 4 is 41.5 Å². The van der Waals surface area contributed by atoms with Crippen molar-refractivity contribution in [2.45, 2.75) is 50.2 Å². The molecule has 1 aromatic heterocycles. The molecule has 1 fully saturated rings. The van der Waals surface area contributed by atoms with Crippen molar-refractivity contribution in [1.82, 2.24) is 14.7 Å². The maximum Gasteiger partial charge on any atom is 0.279 e. The van der Waals surface area contributed by atoms with Crippen LogP contribution in [0.2, 0.25) is 18.6 Å². The summed E-state index contributed by atoms with van der Waals surface area (Å²) in [4.78, 5) is 43.8. The van der Waals surface area contributed by atoms with Gasteiger partial charge in [0.15, 0.2) is 5.60 Å². The topological polar surface area (TPSA) is 123 Å². The molecule has 51 heavy (non-hydrogen) atoms. The third kappa shape index (κ3) is 5.94. The molecule has 11 heteroatoms. The highest BCUT2D eigenvalue weighted by Gasteiger charge is 2.65. The van der Waals surface area contributed by atoms with E-state index in [1.165, 1.54) is 4.68 Å². The van der Waals surface area contributed by atoms with Crippen molar-refractivity contribution in [2.24, 2.45) is 5.92 Å². The van der Waals surface area contributed by atoms with E-state index in [1.54, 1.807) is 36.4 Å². The summed E-state index contributed by atoms with van der Waals surface area (Å²) in [5, 5.41) is 19.9. The summed E-state index contributed by atoms with van der Waals surface area (Å²) >= 11 is 0. The molecule has 10 nitrogen and oxygen atoms in total. The van der Waals surface area contributed by atoms with E-state index in [-0.39, 0.29) is 48.4 Å². The fraction of sp³-hybridized carbons (Fsp3) is 0.300. The lowest BCUT2D eigenvalue weighted by Gasteiger charge is -2.37. The molecule has 0 aliphatic carbocycles. The molecule has 4 aromatic carbocycles. The van der Waals surface area contributed by atoms with Gasteiger partial charge in [0.2, 0.25) is 5.91 Å². The number of carbonyl (C=O) groups is 2. The average molecular weight is 703 g/mol. The number of anilines is 1. The number of amides is 2. The molecule has 262 valence electrons. The third-order valence-electron chi connectivity index (χ3n) is 10.8. The lowest BCUT2D eigenvalue weighted by molar-refractivity contribution is -0.148. The average Bonchev–Trinajstić information content (AvgIpc) is 3.60. The van der Waals surface area contributed by atoms with Crippen LogP contribution in [0.3, 0.4) is 0 Å². The van der Waals surface area contributed by atoms with Gasteiger partial charge in [0.1, 0.15) is 5.75 Å². The number of nitrogens with one attached hydrogen (secondary N) is 1. The van der Waals surface area contributed by atoms with Crippen LogP contribution in [0.5, 0.6) is 5.75 Å². The van der Waals surface area contributed by atoms with E-state index in [1.807, 2.05) is 73.7 Å². The number of aliphatic hydroxyl groups excluding tert-OH is 1. The predicted octanol–water partition coefficient (Wildman–Crippen LogP) is 4.97. The molecule has 3 heterocycles. The fourth-order valence-electron chi connectivity index (χ4n) is 8.24. The lowest BCUT2D eigenvalue weighted by atomic mass is 9.82. The Hall–Kier alpha value is -5.10. The molecule has 1 spiro atoms. The number of carbonyl (C=O) groups excluding carboxylic acids is 2. The zero-order valence-corrected chi connectivity index (χ0v) is 30.2. The van der Waals surface area contributed by atoms with Crippen LogP contribution >= 0.6 is 0 Å². The number of nitrogens with zero attached hydrogens (tertiary/aromatic N) is 3. The van der Waals surface area contributed by atoms with Gasteiger partial charge in [0.25, 0.3) is 11.5 Å². The maximum absolute atomic E-state index is 14.3. The molecule has 4 atom stereocenters. The second kappa shape index (κ2) is 13.6. The third-order valence-corrected chi connectivity index (χ3v) is 15.2. The Balaban J connectivity index is 1.31. The standard InChI is InChI=1S/C40H42N4O6Si/c1-26-37(51(3,4)31-17-15-30(49-2)16-18-31)35(23-36(46)43(20-21-45)25-27-10-6-5-7-11-27)50-40(26)33-22-29(14-19-34(33)42-39(40)48)44-38(47)32-13-9-8-12-28(32)24-41-44/h5-19,22,24,26,35,37,45H,20-21,23,25H2,1-4H3,(H,42,48)/t26-,35+,37-,40+/m1/s1. The molecule has 2 amide bonds. The van der Waals surface area contributed by atoms with E-state index >= 15 is 0 Å². The minimum Gasteiger partial charge on any atom is -0.497 e. The highest BCUT2D eigenvalue weighted by atomic mass is 28.3. The van der Waals surface area contributed by atoms with Gasteiger partial charge in [-0.15, -0.1) is 0 Å². The summed E-state index contributed by atoms with van der Waals surface area (Å²) < 4.78 is 13.8. The summed E-state index contributed by atoms with van der Waals surface area (Å²) in [5.74, 6) is -0.0580. The SMILES string of the molecule is COc1ccc([Si](C)(C)[C@H]2[C@H](CC(=O)N(CCO)Cc3ccccc3)O[C@@]3(C(=O)Nc4ccc(-n5ncc6ccccc6c5=O)cc43)[C@@H]2C)cc1. The molecule has 2 aliphatic rings. The highest BCUT2D eigenvalue weighted by molar-refractivity contribution is 6.91. The van der Waals surface area contributed by atoms with Gasteiger partial charge in [0, 0.05) is 35.6 Å². The van der Waals surface area contributed by atoms with Gasteiger partial charge in [-0.05, 0) is 47.5 Å². The van der Waals surface area contributed by atoms with E-state index < -0.39 is 19.8 Å². The lowest BCUT2D eigenvalue weighted by Crippen LogP contribution is -2.52. The van der Waals surface area contributed by atoms with Crippen molar-refractivity contribution in [3.8, 4) is 11.4 Å². The van der Waals surface area contributed by atoms with Gasteiger partial charge in [-0.2, -0.15) is 9.78 Å². The molecule has 7 rings (SSSR count). The van der Waals surface area contributed by atoms with Crippen molar-refractivity contribution in [2.75, 3.05) is 25.6 Å². The number of hydrogen-bond acceptors (Lipinski definition) is 7. The quantitative estimate of drug-likeness (QED) is 0.197. The minimum atomic E-state index is -2.51. The first-order chi connectivity index (χ1) is 24.6. The Bertz CT molecular complexity index is 2150. The summed E-state index contributed by atoms with van der Waals surface area (Å²) in [6.45, 7) is 6.90. The number of methoxy groups -OCH3 is 1. The van der Waals surface area contributed by atoms with Crippen LogP contribution in [-0.2, 0) is 26.5 Å². The van der Waals surface area contributed by atoms with Gasteiger partial charge >= 0.3 is 0 Å². The normalized spacial score (nSPS) is 21.1. The number of aliphatic hydroxyl groups is 1. The summed E-state index contributed by atoms with van der Waals surface area (Å²) in [7, 11) is -0.878. The number of ether oxygens (including phenoxy) is 2. The number of fused-ring (bicyclic) bond motifs is 3. The number of aromatic nitrogens is 2. The van der Waals surface area contributed by atoms with Crippen molar-refractivity contribution in [3.63, 3.8) is 0 Å². The monoisotopic (exact) mass is 702 g/mol. The van der Waals surface area contributed by atoms with Crippen LogP contribution < -0.4 is 20.8 Å². The molecule has 2 aliphatic heterocycles. The van der Waals surface area contributed by atoms with Crippen LogP contribution in [0.25, 0.3) is 16.5 Å². The van der Waals surface area contributed by atoms with Gasteiger partial charge in [-0.1, -0.05) is 85.9 Å². The predicted molar refractivity (Wildman–Crippen MR) is 199 cm³/mol. The van der Waals surface area contributed by atoms with E-state index in [9.17, 15) is 19.5 Å². The molecule has 0 saturated carbocycles. The van der Waals surface area contributed by atoms with E-state index in [0.717, 1.165) is 21.9 Å². The molecule has 1 saturated heterocycles. The first-order valence-electron chi connectivity index (χ1n) is 17.3.